The molecule has 7 heterocycles. The summed E-state index contributed by atoms with van der Waals surface area (Å²) in [5, 5.41) is 46.1. The van der Waals surface area contributed by atoms with Gasteiger partial charge in [-0.2, -0.15) is 0 Å². The van der Waals surface area contributed by atoms with Crippen LogP contribution in [0.1, 0.15) is 121 Å². The maximum absolute atomic E-state index is 13.4. The van der Waals surface area contributed by atoms with Crippen molar-refractivity contribution in [3.8, 4) is 28.7 Å². The smallest absolute Gasteiger partial charge is 0.358 e. The molecule has 7 fully saturated rings. The van der Waals surface area contributed by atoms with E-state index in [1.807, 2.05) is 121 Å². The molecule has 626 valence electrons. The summed E-state index contributed by atoms with van der Waals surface area (Å²) in [5.74, 6) is 4.18. The third kappa shape index (κ3) is 20.0. The maximum atomic E-state index is 13.4. The number of amides is 4. The second kappa shape index (κ2) is 40.6. The third-order valence-electron chi connectivity index (χ3n) is 22.4. The first-order valence-corrected chi connectivity index (χ1v) is 42.6. The van der Waals surface area contributed by atoms with Gasteiger partial charge in [-0.25, -0.2) is 0 Å². The first-order chi connectivity index (χ1) is 57.7. The molecule has 4 amide bonds. The average molecular weight is 1700 g/mol. The fourth-order valence-electron chi connectivity index (χ4n) is 16.1. The Morgan fingerprint density at radius 1 is 0.525 bits per heavy atom. The summed E-state index contributed by atoms with van der Waals surface area (Å²) in [7, 11) is 11.9. The number of rotatable bonds is 16. The molecule has 5 aliphatic carbocycles. The van der Waals surface area contributed by atoms with Crippen LogP contribution in [0.25, 0.3) is 0 Å². The molecule has 7 aromatic rings. The number of ether oxygens (including phenoxy) is 16. The van der Waals surface area contributed by atoms with Gasteiger partial charge in [0.25, 0.3) is 23.6 Å². The summed E-state index contributed by atoms with van der Waals surface area (Å²) >= 11 is 9.75. The summed E-state index contributed by atoms with van der Waals surface area (Å²) in [6.45, 7) is 0.805. The van der Waals surface area contributed by atoms with E-state index in [4.69, 9.17) is 110 Å². The Bertz CT molecular complexity index is 4640. The van der Waals surface area contributed by atoms with E-state index in [9.17, 15) is 24.3 Å². The summed E-state index contributed by atoms with van der Waals surface area (Å²) in [5.41, 5.74) is 5.17. The van der Waals surface area contributed by atoms with Crippen LogP contribution in [0, 0.1) is 29.6 Å². The molecule has 3 saturated carbocycles. The van der Waals surface area contributed by atoms with Crippen molar-refractivity contribution in [2.75, 3.05) is 75.7 Å². The molecule has 7 aliphatic heterocycles. The number of nitrogens with zero attached hydrogens (tertiary/aromatic N) is 2. The van der Waals surface area contributed by atoms with Crippen LogP contribution < -0.4 is 23.7 Å². The third-order valence-corrected chi connectivity index (χ3v) is 22.6. The van der Waals surface area contributed by atoms with E-state index in [0.717, 1.165) is 70.5 Å². The summed E-state index contributed by atoms with van der Waals surface area (Å²) in [6, 6.07) is 51.5. The zero-order valence-electron chi connectivity index (χ0n) is 66.7. The summed E-state index contributed by atoms with van der Waals surface area (Å²) < 4.78 is 95.8. The van der Waals surface area contributed by atoms with Gasteiger partial charge in [-0.3, -0.25) is 29.0 Å². The van der Waals surface area contributed by atoms with Crippen molar-refractivity contribution in [2.45, 2.75) is 124 Å². The highest BCUT2D eigenvalue weighted by Gasteiger charge is 2.60. The van der Waals surface area contributed by atoms with E-state index < -0.39 is 68.3 Å². The van der Waals surface area contributed by atoms with E-state index in [0.29, 0.717) is 84.4 Å². The van der Waals surface area contributed by atoms with Crippen molar-refractivity contribution in [3.05, 3.63) is 244 Å². The molecule has 0 radical (unpaired) electrons. The lowest BCUT2D eigenvalue weighted by atomic mass is 10.0. The number of hydrogen-bond acceptors (Lipinski definition) is 27. The number of hydrogen-bond donors (Lipinski definition) is 5. The van der Waals surface area contributed by atoms with Gasteiger partial charge in [0.1, 0.15) is 58.9 Å². The van der Waals surface area contributed by atoms with Crippen molar-refractivity contribution in [3.63, 3.8) is 0 Å². The number of methoxy groups -OCH3 is 6. The average Bonchev–Trinajstić information content (AvgIpc) is 1.61. The number of allylic oxidation sites excluding steroid dienone is 2. The number of thiocarbonyl (C=S) groups is 1. The maximum Gasteiger partial charge on any atom is 0.358 e. The molecule has 0 aromatic heterocycles. The van der Waals surface area contributed by atoms with Crippen molar-refractivity contribution >= 4 is 68.8 Å². The molecule has 7 aromatic carbocycles. The molecule has 0 bridgehead atoms. The largest absolute Gasteiger partial charge is 0.497 e. The van der Waals surface area contributed by atoms with Gasteiger partial charge in [-0.1, -0.05) is 103 Å². The molecule has 27 nitrogen and oxygen atoms in total. The minimum absolute atomic E-state index is 0.00347. The van der Waals surface area contributed by atoms with Gasteiger partial charge in [0.05, 0.1) is 116 Å². The number of fused-ring (bicyclic) bond motifs is 7. The van der Waals surface area contributed by atoms with Crippen molar-refractivity contribution < 1.29 is 121 Å². The van der Waals surface area contributed by atoms with Gasteiger partial charge < -0.3 is 101 Å². The molecule has 5 unspecified atom stereocenters. The number of carbonyl (C=O) groups excluding carboxylic acids is 4. The molecule has 0 spiro atoms. The van der Waals surface area contributed by atoms with E-state index in [1.54, 1.807) is 109 Å². The number of aliphatic hydroxyl groups excluding tert-OH is 5. The highest BCUT2D eigenvalue weighted by Crippen LogP contribution is 2.50. The van der Waals surface area contributed by atoms with Gasteiger partial charge in [-0.05, 0) is 111 Å². The Labute approximate surface area is 699 Å². The van der Waals surface area contributed by atoms with Crippen molar-refractivity contribution in [1.82, 2.24) is 9.80 Å². The van der Waals surface area contributed by atoms with Gasteiger partial charge in [0.15, 0.2) is 55.8 Å². The predicted molar refractivity (Wildman–Crippen MR) is 439 cm³/mol. The summed E-state index contributed by atoms with van der Waals surface area (Å²) in [4.78, 5) is 54.8. The lowest BCUT2D eigenvalue weighted by Gasteiger charge is -2.36. The Kier molecular flexibility index (Phi) is 29.5. The van der Waals surface area contributed by atoms with Crippen LogP contribution in [0.3, 0.4) is 0 Å². The molecular weight excluding hydrogens is 1600 g/mol. The fourth-order valence-corrected chi connectivity index (χ4v) is 16.3. The minimum atomic E-state index is -0.966. The number of epoxide rings is 1. The molecule has 118 heavy (non-hydrogen) atoms. The van der Waals surface area contributed by atoms with Crippen LogP contribution in [0.15, 0.2) is 200 Å². The van der Waals surface area contributed by atoms with E-state index in [2.05, 4.69) is 20.7 Å². The van der Waals surface area contributed by atoms with Crippen LogP contribution in [0.4, 0.5) is 0 Å². The molecule has 19 rings (SSSR count). The van der Waals surface area contributed by atoms with Crippen molar-refractivity contribution in [1.29, 1.82) is 1.28 Å². The van der Waals surface area contributed by atoms with Crippen LogP contribution in [-0.4, -0.2) is 208 Å². The first kappa shape index (κ1) is 85.8. The Morgan fingerprint density at radius 3 is 1.35 bits per heavy atom. The predicted octanol–water partition coefficient (Wildman–Crippen LogP) is 11.0. The standard InChI is InChI=1S/C29H25NO7S.C22H21NO6.C14H16O4.C10H14O3.C6H8O3.C6H10O2.H2P2S/c1-33-19-13-11-17(12-14-19)28-34-16-18-15-23(30-26(31)21-9-5-6-10-22(21)27(30)32)25(24(18)36-28)37-29(38)35-20-7-3-2-4-8-20;1-27-14-8-6-12(7-9-14)22-28-11-13-10-17(18(24)19(13)29-22)23-20(25)15-4-2-3-5-16(15)21(23)26;1-15-10-4-2-8(3-5-10)14-16-7-9-6-11-13(17-11)12(9)18-14;1-11-9-6-4-8(5-7-9)10(12-2)13-3;7-2-3-1-4-6(9-4)5(3)8;7-4-5-2-1-3-6(5)8;1-2-3/h2-14,18,23-25,28H,15-16H2,1H3;2-9,13,17-19,22,24H,10-11H2,1H3;2-5,9,11-14H,6-7H2,1H3;4-7,10H,1-3H3;3,5,7-8H,1-2H2;1,3,5-8H,2,4H2;1H2/p+1/t18-,23+,24+,25-,28?;13-,17+,18-,19+,22?;9-,11-,12+,13-,14?;;3-,5+;5-,6-;/m000.00./s1/i/hT. The van der Waals surface area contributed by atoms with E-state index >= 15 is 0 Å². The Hall–Kier alpha value is -8.62. The van der Waals surface area contributed by atoms with Gasteiger partial charge >= 0.3 is 6.52 Å². The highest BCUT2D eigenvalue weighted by atomic mass is 32.6. The van der Waals surface area contributed by atoms with Crippen LogP contribution in [0.2, 0.25) is 0 Å². The molecule has 12 aliphatic rings. The second-order valence-corrected chi connectivity index (χ2v) is 32.5. The Morgan fingerprint density at radius 2 is 0.941 bits per heavy atom. The SMILES string of the molecule is COc1ccc(C(OC)OC)cc1.COc1ccc(C2OC[C@@H]3C[C@@H](N4C(=O)c5ccccc5C4=O)[C@H](O)[C@@H]3O2)cc1.COc1ccc(C2OC[C@@H]3C[C@@H](N4C(=O)c5ccccc5C4=O)[C@H](OC(=S)Oc4ccccc4)[C@@H]3O2)cc1.COc1ccc(C2OC[C@@H]3C[C@@H]4O[C@@H]4[C@@H]3O2)cc1.OC[C@@H]1CC2=C(O2)[C@@H]1O.OC[C@@H]1CC=C[C@@H]1O.[3H][P+](P)=S. The van der Waals surface area contributed by atoms with Gasteiger partial charge in [-0.15, -0.1) is 0 Å². The molecule has 31 heteroatoms. The lowest BCUT2D eigenvalue weighted by molar-refractivity contribution is -0.249. The second-order valence-electron chi connectivity index (χ2n) is 29.4. The summed E-state index contributed by atoms with van der Waals surface area (Å²) in [6.07, 6.45) is 2.63. The Balaban J connectivity index is 0.000000133. The zero-order valence-corrected chi connectivity index (χ0v) is 69.3. The normalized spacial score (nSPS) is 29.2. The highest BCUT2D eigenvalue weighted by molar-refractivity contribution is 8.24. The fraction of sp³-hybridized carbons (Fsp3) is 0.414. The molecule has 5 N–H and O–H groups in total. The number of imide groups is 2. The topological polar surface area (TPSA) is 330 Å². The van der Waals surface area contributed by atoms with Gasteiger partial charge in [0, 0.05) is 97.9 Å². The molecule has 21 atom stereocenters. The van der Waals surface area contributed by atoms with Crippen LogP contribution >= 0.6 is 28.1 Å². The molecule has 4 saturated heterocycles. The number of para-hydroxylation sites is 1. The van der Waals surface area contributed by atoms with E-state index in [-0.39, 0.29) is 84.4 Å². The minimum Gasteiger partial charge on any atom is -0.497 e. The van der Waals surface area contributed by atoms with Gasteiger partial charge in [0.2, 0.25) is 0 Å². The number of aliphatic hydroxyl groups is 5. The monoisotopic (exact) mass is 1700 g/mol. The lowest BCUT2D eigenvalue weighted by Crippen LogP contribution is -2.50. The van der Waals surface area contributed by atoms with Crippen LogP contribution in [-0.2, 0) is 63.9 Å². The van der Waals surface area contributed by atoms with Crippen molar-refractivity contribution in [2.24, 2.45) is 29.6 Å². The molecular formula is C87H97N2O25P2S2+. The first-order valence-electron chi connectivity index (χ1n) is 39.1. The quantitative estimate of drug-likeness (QED) is 0.0150. The number of carbonyl (C=O) groups is 4. The zero-order chi connectivity index (χ0) is 84.1. The van der Waals surface area contributed by atoms with E-state index in [1.165, 1.54) is 9.80 Å². The number of benzene rings is 7. The van der Waals surface area contributed by atoms with Crippen LogP contribution in [0.5, 0.6) is 28.7 Å².